The van der Waals surface area contributed by atoms with E-state index in [9.17, 15) is 0 Å². The molecule has 131 heavy (non-hydrogen) atoms. The number of furan rings is 5. The van der Waals surface area contributed by atoms with Gasteiger partial charge in [0.1, 0.15) is 30.8 Å². The third-order valence-electron chi connectivity index (χ3n) is 25.8. The van der Waals surface area contributed by atoms with Gasteiger partial charge in [-0.2, -0.15) is 0 Å². The molecule has 0 spiro atoms. The molecule has 14 aromatic heterocycles. The van der Waals surface area contributed by atoms with Gasteiger partial charge in [-0.25, -0.2) is 44.9 Å². The summed E-state index contributed by atoms with van der Waals surface area (Å²) in [4.78, 5) is 59.8. The molecular weight excluding hydrogens is 1630 g/mol. The number of aryl methyl sites for hydroxylation is 5. The first kappa shape index (κ1) is 72.7. The molecule has 5 atom stereocenters. The number of anilines is 15. The summed E-state index contributed by atoms with van der Waals surface area (Å²) in [5, 5.41) is 9.94. The molecule has 0 bridgehead atoms. The van der Waals surface area contributed by atoms with Crippen LogP contribution in [0, 0.1) is 34.6 Å². The van der Waals surface area contributed by atoms with Crippen LogP contribution in [0.2, 0.25) is 0 Å². The second kappa shape index (κ2) is 32.5. The Balaban J connectivity index is 0.000000104. The first-order valence-electron chi connectivity index (χ1n) is 48.5. The molecule has 5 aliphatic rings. The molecule has 0 saturated heterocycles. The van der Waals surface area contributed by atoms with Crippen molar-refractivity contribution >= 4 is 196 Å². The van der Waals surface area contributed by atoms with Crippen LogP contribution in [-0.2, 0) is 0 Å². The number of rotatable bonds is 8. The van der Waals surface area contributed by atoms with E-state index in [1.165, 1.54) is 9.80 Å². The molecule has 0 N–H and O–H groups in total. The van der Waals surface area contributed by atoms with Crippen molar-refractivity contribution in [2.75, 3.05) is 63.0 Å². The molecule has 0 radical (unpaired) electrons. The highest BCUT2D eigenvalue weighted by atomic mass is 16.4. The monoisotopic (exact) mass is 1740 g/mol. The highest BCUT2D eigenvalue weighted by Gasteiger charge is 2.44. The maximum Gasteiger partial charge on any atom is 0.227 e. The fourth-order valence-electron chi connectivity index (χ4n) is 20.0. The Labute approximate surface area is 771 Å². The van der Waals surface area contributed by atoms with Gasteiger partial charge in [0.15, 0.2) is 51.2 Å². The van der Waals surface area contributed by atoms with E-state index in [2.05, 4.69) is 170 Å². The molecule has 6 aromatic carbocycles. The van der Waals surface area contributed by atoms with Gasteiger partial charge in [-0.1, -0.05) is 72.8 Å². The van der Waals surface area contributed by atoms with Crippen LogP contribution in [0.3, 0.4) is 0 Å². The van der Waals surface area contributed by atoms with Gasteiger partial charge in [0, 0.05) is 150 Å². The Morgan fingerprint density at radius 1 is 0.244 bits per heavy atom. The lowest BCUT2D eigenvalue weighted by molar-refractivity contribution is 0.601. The van der Waals surface area contributed by atoms with Gasteiger partial charge in [-0.3, -0.25) is 0 Å². The molecule has 24 heteroatoms. The second-order valence-electron chi connectivity index (χ2n) is 34.4. The van der Waals surface area contributed by atoms with Crippen molar-refractivity contribution < 1.29 is 34.4 Å². The minimum atomic E-state index is -2.31. The Hall–Kier alpha value is -15.3. The van der Waals surface area contributed by atoms with Crippen LogP contribution in [0.5, 0.6) is 0 Å². The summed E-state index contributed by atoms with van der Waals surface area (Å²) in [6.45, 7) is 27.2. The van der Waals surface area contributed by atoms with Gasteiger partial charge in [0.25, 0.3) is 0 Å². The van der Waals surface area contributed by atoms with Gasteiger partial charge in [-0.05, 0) is 260 Å². The van der Waals surface area contributed by atoms with E-state index in [1.807, 2.05) is 206 Å². The highest BCUT2D eigenvalue weighted by Crippen LogP contribution is 2.55. The van der Waals surface area contributed by atoms with Crippen molar-refractivity contribution in [2.45, 2.75) is 160 Å². The molecule has 5 unspecified atom stereocenters. The number of hydrogen-bond acceptors (Lipinski definition) is 24. The molecule has 20 aromatic rings. The zero-order valence-electron chi connectivity index (χ0n) is 84.6. The second-order valence-corrected chi connectivity index (χ2v) is 34.4. The minimum Gasteiger partial charge on any atom is -0.435 e. The fourth-order valence-corrected chi connectivity index (χ4v) is 20.0. The third kappa shape index (κ3) is 13.2. The molecule has 25 rings (SSSR count). The maximum atomic E-state index is 8.71. The lowest BCUT2D eigenvalue weighted by atomic mass is 10.1. The molecule has 656 valence electrons. The number of pyridine rings is 9. The maximum absolute atomic E-state index is 8.71. The van der Waals surface area contributed by atoms with Gasteiger partial charge < -0.3 is 71.1 Å². The van der Waals surface area contributed by atoms with E-state index >= 15 is 0 Å². The molecule has 24 nitrogen and oxygen atoms in total. The van der Waals surface area contributed by atoms with Gasteiger partial charge in [0.05, 0.1) is 66.7 Å². The van der Waals surface area contributed by atoms with E-state index in [0.717, 1.165) is 167 Å². The summed E-state index contributed by atoms with van der Waals surface area (Å²) in [6, 6.07) is 61.5. The van der Waals surface area contributed by atoms with Crippen LogP contribution in [0.4, 0.5) is 85.8 Å². The minimum absolute atomic E-state index is 0.0182. The smallest absolute Gasteiger partial charge is 0.227 e. The molecular formula is C107H103N19O5. The zero-order valence-corrected chi connectivity index (χ0v) is 75.6. The first-order valence-corrected chi connectivity index (χ1v) is 44.0. The number of aromatic nitrogens is 9. The van der Waals surface area contributed by atoms with Gasteiger partial charge in [-0.15, -0.1) is 0 Å². The summed E-state index contributed by atoms with van der Waals surface area (Å²) in [5.74, 6) is 2.74. The normalized spacial score (nSPS) is 18.2. The van der Waals surface area contributed by atoms with E-state index in [4.69, 9.17) is 34.4 Å². The Kier molecular flexibility index (Phi) is 18.0. The van der Waals surface area contributed by atoms with E-state index in [1.54, 1.807) is 67.9 Å². The van der Waals surface area contributed by atoms with Crippen LogP contribution in [0.1, 0.15) is 116 Å². The van der Waals surface area contributed by atoms with Crippen molar-refractivity contribution in [1.29, 1.82) is 0 Å². The summed E-state index contributed by atoms with van der Waals surface area (Å²) >= 11 is 0. The Morgan fingerprint density at radius 3 is 0.824 bits per heavy atom. The SMILES string of the molecule is [2H]C(C)(C)N1c2ccccc2N(c2c(C)ccc3c2oc2ncccc23)C1C.[2H]C(C)(C)N1c2cccnc2N(c2c(C)ccc3c2oc2ncccc23)C1C.[2H]C(C)(C)N1c2cccnc2N(c2c(C)ccc3c2oc2ncccc23)C1C.[2H]C([2H])([2H])N1c2cccnc2N(c2c(C)ccc3c2oc2ncccc23)C1C.[2H]C([2H])([2H])N1c2ncccc2N(c2c(C)ccc3c2oc2ncccc23)C1C. The summed E-state index contributed by atoms with van der Waals surface area (Å²) < 4.78 is 105. The molecule has 5 aliphatic heterocycles. The van der Waals surface area contributed by atoms with Crippen molar-refractivity contribution in [3.05, 3.63) is 278 Å². The fraction of sp³-hybridized carbons (Fsp3) is 0.243. The van der Waals surface area contributed by atoms with Crippen molar-refractivity contribution in [3.63, 3.8) is 0 Å². The predicted octanol–water partition coefficient (Wildman–Crippen LogP) is 26.0. The average molecular weight is 1740 g/mol. The quantitative estimate of drug-likeness (QED) is 0.138. The Bertz CT molecular complexity index is 7180. The number of benzene rings is 6. The standard InChI is InChI=1S/C23H23N3O.2C22H22N4O.2C20H18N4O/c1-14(2)25-16(4)26(20-10-6-5-9-19(20)25)21-15(3)11-12-17-18-8-7-13-24-23(18)27-22(17)21;2*1-13(2)25-15(4)26(21-18(25)8-6-11-23-21)19-14(3)9-10-16-17-7-5-12-24-22(17)27-20(16)19;1-12-8-9-14-15-6-4-11-22-20(15)25-18(14)17(12)24-13(2)23(3)19-16(24)7-5-10-21-19;1-12-8-9-14-15-6-4-11-22-20(15)25-18(14)17(12)24-13(2)23(3)16-7-5-10-21-19(16)24/h5-14,16H,1-4H3;2*5-13,15H,1-4H3;2*4-11,13H,1-3H3/i14D;2*13D;2*3D3. The van der Waals surface area contributed by atoms with Crippen LogP contribution < -0.4 is 49.0 Å². The number of fused-ring (bicyclic) bond motifs is 20. The van der Waals surface area contributed by atoms with E-state index in [0.29, 0.717) is 57.1 Å². The summed E-state index contributed by atoms with van der Waals surface area (Å²) in [7, 11) is 0. The van der Waals surface area contributed by atoms with E-state index < -0.39 is 44.3 Å². The van der Waals surface area contributed by atoms with Crippen molar-refractivity contribution in [1.82, 2.24) is 44.9 Å². The van der Waals surface area contributed by atoms with Crippen molar-refractivity contribution in [2.24, 2.45) is 0 Å². The van der Waals surface area contributed by atoms with Crippen LogP contribution in [0.25, 0.3) is 110 Å². The number of para-hydroxylation sites is 2. The average Bonchev–Trinajstić information content (AvgIpc) is 1.59. The topological polar surface area (TPSA) is 214 Å². The summed E-state index contributed by atoms with van der Waals surface area (Å²) in [6.07, 6.45) is 14.5. The largest absolute Gasteiger partial charge is 0.435 e. The van der Waals surface area contributed by atoms with Gasteiger partial charge in [0.2, 0.25) is 28.6 Å². The lowest BCUT2D eigenvalue weighted by Gasteiger charge is -2.33. The van der Waals surface area contributed by atoms with E-state index in [-0.39, 0.29) is 18.5 Å². The number of hydrogen-bond donors (Lipinski definition) is 0. The lowest BCUT2D eigenvalue weighted by Crippen LogP contribution is -2.42. The van der Waals surface area contributed by atoms with Crippen molar-refractivity contribution in [3.8, 4) is 0 Å². The van der Waals surface area contributed by atoms with Crippen LogP contribution in [-0.4, -0.2) is 108 Å². The van der Waals surface area contributed by atoms with Crippen LogP contribution >= 0.6 is 0 Å². The molecule has 0 aliphatic carbocycles. The summed E-state index contributed by atoms with van der Waals surface area (Å²) in [5.41, 5.74) is 22.3. The first-order chi connectivity index (χ1) is 66.9. The third-order valence-corrected chi connectivity index (χ3v) is 25.8. The highest BCUT2D eigenvalue weighted by molar-refractivity contribution is 6.15. The van der Waals surface area contributed by atoms with Gasteiger partial charge >= 0.3 is 0 Å². The molecule has 19 heterocycles. The molecule has 0 amide bonds. The number of nitrogens with zero attached hydrogens (tertiary/aromatic N) is 19. The van der Waals surface area contributed by atoms with Crippen LogP contribution in [0.15, 0.2) is 272 Å². The zero-order chi connectivity index (χ0) is 98.1. The molecule has 0 saturated carbocycles. The predicted molar refractivity (Wildman–Crippen MR) is 532 cm³/mol. The molecule has 0 fully saturated rings. The Morgan fingerprint density at radius 2 is 0.489 bits per heavy atom.